The van der Waals surface area contributed by atoms with Gasteiger partial charge in [0.1, 0.15) is 0 Å². The Bertz CT molecular complexity index is 571. The van der Waals surface area contributed by atoms with Gasteiger partial charge in [0.15, 0.2) is 0 Å². The molecule has 1 aromatic rings. The third-order valence-electron chi connectivity index (χ3n) is 5.57. The van der Waals surface area contributed by atoms with Gasteiger partial charge >= 0.3 is 0 Å². The van der Waals surface area contributed by atoms with Crippen LogP contribution in [-0.2, 0) is 4.79 Å². The number of carbonyl (C=O) groups is 1. The van der Waals surface area contributed by atoms with E-state index >= 15 is 0 Å². The maximum absolute atomic E-state index is 12.6. The van der Waals surface area contributed by atoms with Crippen LogP contribution >= 0.6 is 11.8 Å². The smallest absolute Gasteiger partial charge is 0.232 e. The molecule has 0 aromatic heterocycles. The molecule has 2 saturated heterocycles. The third kappa shape index (κ3) is 5.46. The molecule has 2 aliphatic heterocycles. The van der Waals surface area contributed by atoms with Crippen molar-refractivity contribution >= 4 is 17.7 Å². The zero-order valence-electron chi connectivity index (χ0n) is 15.7. The number of likely N-dealkylation sites (N-methyl/N-ethyl adjacent to an activating group) is 1. The molecule has 0 radical (unpaired) electrons. The molecule has 0 saturated carbocycles. The third-order valence-corrected chi connectivity index (χ3v) is 6.57. The molecule has 1 N–H and O–H groups in total. The summed E-state index contributed by atoms with van der Waals surface area (Å²) in [7, 11) is 2.18. The molecule has 26 heavy (non-hydrogen) atoms. The minimum Gasteiger partial charge on any atom is -0.396 e. The van der Waals surface area contributed by atoms with Gasteiger partial charge in [0.2, 0.25) is 5.91 Å². The van der Waals surface area contributed by atoms with Crippen molar-refractivity contribution in [3.8, 4) is 0 Å². The highest BCUT2D eigenvalue weighted by Crippen LogP contribution is 2.26. The van der Waals surface area contributed by atoms with Crippen molar-refractivity contribution in [2.45, 2.75) is 11.3 Å². The molecule has 2 aliphatic rings. The Balaban J connectivity index is 1.50. The molecular formula is C20H31N3O2S. The molecule has 0 bridgehead atoms. The van der Waals surface area contributed by atoms with E-state index in [4.69, 9.17) is 0 Å². The van der Waals surface area contributed by atoms with Crippen LogP contribution in [0.3, 0.4) is 0 Å². The van der Waals surface area contributed by atoms with Crippen LogP contribution in [0.25, 0.3) is 0 Å². The maximum atomic E-state index is 12.6. The van der Waals surface area contributed by atoms with Crippen LogP contribution in [0.1, 0.15) is 6.42 Å². The van der Waals surface area contributed by atoms with Gasteiger partial charge in [-0.2, -0.15) is 0 Å². The number of aliphatic hydroxyl groups excluding tert-OH is 1. The first-order valence-corrected chi connectivity index (χ1v) is 10.6. The second kappa shape index (κ2) is 9.74. The van der Waals surface area contributed by atoms with Gasteiger partial charge in [0.25, 0.3) is 0 Å². The molecular weight excluding hydrogens is 346 g/mol. The first-order valence-electron chi connectivity index (χ1n) is 9.63. The monoisotopic (exact) mass is 377 g/mol. The molecule has 144 valence electrons. The van der Waals surface area contributed by atoms with E-state index < -0.39 is 0 Å². The molecule has 0 unspecified atom stereocenters. The van der Waals surface area contributed by atoms with Crippen LogP contribution in [-0.4, -0.2) is 90.9 Å². The fourth-order valence-corrected chi connectivity index (χ4v) is 4.75. The molecule has 1 aromatic carbocycles. The molecule has 6 heteroatoms. The highest BCUT2D eigenvalue weighted by molar-refractivity contribution is 8.00. The lowest BCUT2D eigenvalue weighted by Gasteiger charge is -2.26. The fourth-order valence-electron chi connectivity index (χ4n) is 3.92. The summed E-state index contributed by atoms with van der Waals surface area (Å²) in [5, 5.41) is 9.80. The van der Waals surface area contributed by atoms with E-state index in [0.29, 0.717) is 18.2 Å². The van der Waals surface area contributed by atoms with E-state index in [2.05, 4.69) is 16.8 Å². The number of carbonyl (C=O) groups excluding carboxylic acids is 1. The minimum atomic E-state index is 0.175. The van der Waals surface area contributed by atoms with Gasteiger partial charge in [0, 0.05) is 50.1 Å². The number of thioether (sulfide) groups is 1. The topological polar surface area (TPSA) is 47.0 Å². The van der Waals surface area contributed by atoms with Crippen molar-refractivity contribution < 1.29 is 9.90 Å². The van der Waals surface area contributed by atoms with E-state index in [9.17, 15) is 9.90 Å². The summed E-state index contributed by atoms with van der Waals surface area (Å²) in [6, 6.07) is 10.1. The van der Waals surface area contributed by atoms with Crippen LogP contribution in [0.5, 0.6) is 0 Å². The lowest BCUT2D eigenvalue weighted by atomic mass is 9.96. The molecule has 5 nitrogen and oxygen atoms in total. The summed E-state index contributed by atoms with van der Waals surface area (Å²) in [5.74, 6) is 1.26. The van der Waals surface area contributed by atoms with Crippen LogP contribution in [0.2, 0.25) is 0 Å². The summed E-state index contributed by atoms with van der Waals surface area (Å²) < 4.78 is 0. The molecule has 0 spiro atoms. The van der Waals surface area contributed by atoms with Gasteiger partial charge in [-0.25, -0.2) is 0 Å². The van der Waals surface area contributed by atoms with Crippen LogP contribution in [0, 0.1) is 11.8 Å². The van der Waals surface area contributed by atoms with E-state index in [-0.39, 0.29) is 18.4 Å². The zero-order chi connectivity index (χ0) is 18.4. The lowest BCUT2D eigenvalue weighted by Crippen LogP contribution is -2.36. The van der Waals surface area contributed by atoms with Gasteiger partial charge in [-0.05, 0) is 44.6 Å². The molecule has 2 atom stereocenters. The van der Waals surface area contributed by atoms with Crippen molar-refractivity contribution in [2.24, 2.45) is 11.8 Å². The number of rotatable bonds is 6. The van der Waals surface area contributed by atoms with E-state index in [1.165, 1.54) is 6.42 Å². The predicted octanol–water partition coefficient (Wildman–Crippen LogP) is 1.48. The lowest BCUT2D eigenvalue weighted by molar-refractivity contribution is -0.127. The standard InChI is InChI=1S/C20H31N3O2S/c1-21-8-5-9-22(11-10-21)12-17-13-23(14-18(17)15-24)20(25)16-26-19-6-3-2-4-7-19/h2-4,6-7,17-18,24H,5,8-16H2,1H3/t17-,18-/m1/s1. The van der Waals surface area contributed by atoms with Gasteiger partial charge in [-0.3, -0.25) is 4.79 Å². The summed E-state index contributed by atoms with van der Waals surface area (Å²) in [5.41, 5.74) is 0. The summed E-state index contributed by atoms with van der Waals surface area (Å²) in [6.07, 6.45) is 1.20. The van der Waals surface area contributed by atoms with E-state index in [1.807, 2.05) is 35.2 Å². The first-order chi connectivity index (χ1) is 12.7. The van der Waals surface area contributed by atoms with Crippen molar-refractivity contribution in [3.05, 3.63) is 30.3 Å². The van der Waals surface area contributed by atoms with Crippen molar-refractivity contribution in [2.75, 3.05) is 65.2 Å². The number of hydrogen-bond donors (Lipinski definition) is 1. The fraction of sp³-hybridized carbons (Fsp3) is 0.650. The minimum absolute atomic E-state index is 0.175. The number of likely N-dealkylation sites (tertiary alicyclic amines) is 1. The Morgan fingerprint density at radius 2 is 1.88 bits per heavy atom. The average molecular weight is 378 g/mol. The molecule has 0 aliphatic carbocycles. The largest absolute Gasteiger partial charge is 0.396 e. The van der Waals surface area contributed by atoms with Crippen molar-refractivity contribution in [3.63, 3.8) is 0 Å². The number of nitrogens with zero attached hydrogens (tertiary/aromatic N) is 3. The SMILES string of the molecule is CN1CCCN(C[C@@H]2CN(C(=O)CSc3ccccc3)C[C@@H]2CO)CC1. The Kier molecular flexibility index (Phi) is 7.37. The number of benzene rings is 1. The van der Waals surface area contributed by atoms with Crippen LogP contribution in [0.15, 0.2) is 35.2 Å². The van der Waals surface area contributed by atoms with Gasteiger partial charge in [-0.1, -0.05) is 18.2 Å². The molecule has 2 heterocycles. The Labute approximate surface area is 161 Å². The number of hydrogen-bond acceptors (Lipinski definition) is 5. The van der Waals surface area contributed by atoms with Crippen molar-refractivity contribution in [1.29, 1.82) is 0 Å². The predicted molar refractivity (Wildman–Crippen MR) is 106 cm³/mol. The second-order valence-corrected chi connectivity index (χ2v) is 8.61. The van der Waals surface area contributed by atoms with Crippen LogP contribution < -0.4 is 0 Å². The van der Waals surface area contributed by atoms with Crippen LogP contribution in [0.4, 0.5) is 0 Å². The Morgan fingerprint density at radius 3 is 2.65 bits per heavy atom. The Morgan fingerprint density at radius 1 is 1.12 bits per heavy atom. The van der Waals surface area contributed by atoms with E-state index in [1.54, 1.807) is 11.8 Å². The highest BCUT2D eigenvalue weighted by Gasteiger charge is 2.35. The summed E-state index contributed by atoms with van der Waals surface area (Å²) >= 11 is 1.59. The van der Waals surface area contributed by atoms with E-state index in [0.717, 1.165) is 44.2 Å². The van der Waals surface area contributed by atoms with Gasteiger partial charge < -0.3 is 19.8 Å². The van der Waals surface area contributed by atoms with Crippen molar-refractivity contribution in [1.82, 2.24) is 14.7 Å². The Hall–Kier alpha value is -1.08. The summed E-state index contributed by atoms with van der Waals surface area (Å²) in [4.78, 5) is 20.6. The summed E-state index contributed by atoms with van der Waals surface area (Å²) in [6.45, 7) is 7.12. The average Bonchev–Trinajstić information content (AvgIpc) is 2.96. The maximum Gasteiger partial charge on any atom is 0.232 e. The second-order valence-electron chi connectivity index (χ2n) is 7.56. The molecule has 1 amide bonds. The normalized spacial score (nSPS) is 25.4. The molecule has 3 rings (SSSR count). The van der Waals surface area contributed by atoms with Gasteiger partial charge in [0.05, 0.1) is 5.75 Å². The number of aliphatic hydroxyl groups is 1. The molecule has 2 fully saturated rings. The van der Waals surface area contributed by atoms with Gasteiger partial charge in [-0.15, -0.1) is 11.8 Å². The zero-order valence-corrected chi connectivity index (χ0v) is 16.5. The number of amides is 1. The first kappa shape index (κ1) is 19.7. The highest BCUT2D eigenvalue weighted by atomic mass is 32.2. The quantitative estimate of drug-likeness (QED) is 0.761.